The van der Waals surface area contributed by atoms with E-state index < -0.39 is 29.4 Å². The predicted octanol–water partition coefficient (Wildman–Crippen LogP) is 5.46. The highest BCUT2D eigenvalue weighted by Crippen LogP contribution is 2.44. The number of benzene rings is 3. The lowest BCUT2D eigenvalue weighted by Crippen LogP contribution is -2.58. The molecule has 0 fully saturated rings. The fourth-order valence-corrected chi connectivity index (χ4v) is 3.99. The second kappa shape index (κ2) is 12.0. The van der Waals surface area contributed by atoms with Gasteiger partial charge in [0, 0.05) is 18.1 Å². The summed E-state index contributed by atoms with van der Waals surface area (Å²) in [4.78, 5) is 14.6. The molecule has 6 nitrogen and oxygen atoms in total. The lowest BCUT2D eigenvalue weighted by molar-refractivity contribution is -0.301. The van der Waals surface area contributed by atoms with Gasteiger partial charge < -0.3 is 24.2 Å². The SMILES string of the molecule is COc1ccc(COC(C(=O)N(C)Cc2ccc(OC)cc2)[C@](O)(c2ccc(Br)cc2)C(F)(F)F)cc1. The summed E-state index contributed by atoms with van der Waals surface area (Å²) in [5.41, 5.74) is -2.98. The molecular weight excluding hydrogens is 555 g/mol. The number of aliphatic hydroxyl groups is 1. The Kier molecular flexibility index (Phi) is 9.22. The Morgan fingerprint density at radius 3 is 1.84 bits per heavy atom. The molecule has 1 unspecified atom stereocenters. The van der Waals surface area contributed by atoms with Crippen molar-refractivity contribution in [2.24, 2.45) is 0 Å². The van der Waals surface area contributed by atoms with E-state index in [0.717, 1.165) is 17.0 Å². The van der Waals surface area contributed by atoms with Crippen LogP contribution in [0.5, 0.6) is 11.5 Å². The lowest BCUT2D eigenvalue weighted by Gasteiger charge is -2.38. The Hall–Kier alpha value is -3.08. The summed E-state index contributed by atoms with van der Waals surface area (Å²) in [6.45, 7) is -0.370. The molecule has 0 aliphatic heterocycles. The van der Waals surface area contributed by atoms with Crippen LogP contribution in [0.15, 0.2) is 77.3 Å². The molecule has 0 aliphatic carbocycles. The molecule has 3 aromatic carbocycles. The Bertz CT molecular complexity index is 1170. The van der Waals surface area contributed by atoms with Crippen molar-refractivity contribution in [2.75, 3.05) is 21.3 Å². The average molecular weight is 582 g/mol. The molecule has 2 atom stereocenters. The zero-order valence-electron chi connectivity index (χ0n) is 20.5. The molecule has 37 heavy (non-hydrogen) atoms. The topological polar surface area (TPSA) is 68.2 Å². The van der Waals surface area contributed by atoms with Gasteiger partial charge in [0.2, 0.25) is 5.60 Å². The van der Waals surface area contributed by atoms with Crippen molar-refractivity contribution in [1.82, 2.24) is 4.90 Å². The number of carbonyl (C=O) groups is 1. The van der Waals surface area contributed by atoms with E-state index >= 15 is 0 Å². The number of rotatable bonds is 10. The van der Waals surface area contributed by atoms with E-state index in [4.69, 9.17) is 14.2 Å². The smallest absolute Gasteiger partial charge is 0.424 e. The summed E-state index contributed by atoms with van der Waals surface area (Å²) in [6.07, 6.45) is -7.53. The fourth-order valence-electron chi connectivity index (χ4n) is 3.72. The number of nitrogens with zero attached hydrogens (tertiary/aromatic N) is 1. The second-order valence-corrected chi connectivity index (χ2v) is 9.27. The number of hydrogen-bond donors (Lipinski definition) is 1. The maximum Gasteiger partial charge on any atom is 0.424 e. The highest BCUT2D eigenvalue weighted by atomic mass is 79.9. The van der Waals surface area contributed by atoms with Gasteiger partial charge in [-0.2, -0.15) is 13.2 Å². The third kappa shape index (κ3) is 6.63. The van der Waals surface area contributed by atoms with Crippen molar-refractivity contribution >= 4 is 21.8 Å². The van der Waals surface area contributed by atoms with Crippen molar-refractivity contribution in [3.05, 3.63) is 94.0 Å². The van der Waals surface area contributed by atoms with Gasteiger partial charge in [-0.1, -0.05) is 52.3 Å². The average Bonchev–Trinajstić information content (AvgIpc) is 2.89. The molecule has 0 radical (unpaired) electrons. The van der Waals surface area contributed by atoms with E-state index in [0.29, 0.717) is 27.1 Å². The molecule has 1 N–H and O–H groups in total. The minimum atomic E-state index is -5.23. The summed E-state index contributed by atoms with van der Waals surface area (Å²) in [5.74, 6) is 0.115. The van der Waals surface area contributed by atoms with E-state index in [-0.39, 0.29) is 13.2 Å². The van der Waals surface area contributed by atoms with Gasteiger partial charge >= 0.3 is 6.18 Å². The Morgan fingerprint density at radius 1 is 0.892 bits per heavy atom. The molecular formula is C27H27BrF3NO5. The highest BCUT2D eigenvalue weighted by molar-refractivity contribution is 9.10. The first-order valence-corrected chi connectivity index (χ1v) is 12.0. The predicted molar refractivity (Wildman–Crippen MR) is 135 cm³/mol. The van der Waals surface area contributed by atoms with Crippen LogP contribution in [0.2, 0.25) is 0 Å². The molecule has 0 aromatic heterocycles. The number of alkyl halides is 3. The van der Waals surface area contributed by atoms with Crippen LogP contribution in [0.1, 0.15) is 16.7 Å². The highest BCUT2D eigenvalue weighted by Gasteiger charge is 2.63. The van der Waals surface area contributed by atoms with Crippen LogP contribution in [-0.2, 0) is 28.3 Å². The third-order valence-electron chi connectivity index (χ3n) is 5.85. The van der Waals surface area contributed by atoms with Crippen molar-refractivity contribution < 1.29 is 37.3 Å². The number of carbonyl (C=O) groups excluding carboxylic acids is 1. The first-order chi connectivity index (χ1) is 17.5. The molecule has 198 valence electrons. The Balaban J connectivity index is 1.98. The minimum Gasteiger partial charge on any atom is -0.497 e. The monoisotopic (exact) mass is 581 g/mol. The van der Waals surface area contributed by atoms with Crippen molar-refractivity contribution in [2.45, 2.75) is 31.0 Å². The number of amides is 1. The van der Waals surface area contributed by atoms with E-state index in [1.165, 1.54) is 33.4 Å². The Labute approximate surface area is 221 Å². The molecule has 0 saturated heterocycles. The van der Waals surface area contributed by atoms with E-state index in [1.54, 1.807) is 48.5 Å². The summed E-state index contributed by atoms with van der Waals surface area (Å²) < 4.78 is 60.0. The standard InChI is InChI=1S/C27H27BrF3NO5/c1-32(16-18-4-12-22(35-2)13-5-18)25(33)24(37-17-19-6-14-23(36-3)15-7-19)26(34,27(29,30)31)20-8-10-21(28)11-9-20/h4-15,24,34H,16-17H2,1-3H3/t24?,26-/m1/s1. The van der Waals surface area contributed by atoms with Crippen LogP contribution in [0, 0.1) is 0 Å². The molecule has 3 aromatic rings. The van der Waals surface area contributed by atoms with Gasteiger partial charge in [-0.15, -0.1) is 0 Å². The van der Waals surface area contributed by atoms with Gasteiger partial charge in [0.25, 0.3) is 5.91 Å². The van der Waals surface area contributed by atoms with Gasteiger partial charge in [0.05, 0.1) is 20.8 Å². The first-order valence-electron chi connectivity index (χ1n) is 11.2. The number of ether oxygens (including phenoxy) is 3. The number of methoxy groups -OCH3 is 2. The molecule has 1 amide bonds. The van der Waals surface area contributed by atoms with Crippen LogP contribution in [-0.4, -0.2) is 49.5 Å². The molecule has 0 aliphatic rings. The van der Waals surface area contributed by atoms with Crippen LogP contribution >= 0.6 is 15.9 Å². The Morgan fingerprint density at radius 2 is 1.38 bits per heavy atom. The molecule has 0 spiro atoms. The molecule has 0 saturated carbocycles. The van der Waals surface area contributed by atoms with E-state index in [1.807, 2.05) is 0 Å². The van der Waals surface area contributed by atoms with Crippen LogP contribution in [0.25, 0.3) is 0 Å². The zero-order valence-corrected chi connectivity index (χ0v) is 22.0. The maximum atomic E-state index is 14.6. The summed E-state index contributed by atoms with van der Waals surface area (Å²) in [6, 6.07) is 18.1. The lowest BCUT2D eigenvalue weighted by atomic mass is 9.86. The normalized spacial score (nSPS) is 13.9. The molecule has 10 heteroatoms. The fraction of sp³-hybridized carbons (Fsp3) is 0.296. The maximum absolute atomic E-state index is 14.6. The van der Waals surface area contributed by atoms with Gasteiger partial charge in [0.15, 0.2) is 6.10 Å². The summed E-state index contributed by atoms with van der Waals surface area (Å²) >= 11 is 3.18. The zero-order chi connectivity index (χ0) is 27.2. The van der Waals surface area contributed by atoms with Crippen molar-refractivity contribution in [3.63, 3.8) is 0 Å². The van der Waals surface area contributed by atoms with Gasteiger partial charge in [0.1, 0.15) is 11.5 Å². The van der Waals surface area contributed by atoms with Gasteiger partial charge in [-0.25, -0.2) is 0 Å². The van der Waals surface area contributed by atoms with E-state index in [9.17, 15) is 23.1 Å². The second-order valence-electron chi connectivity index (χ2n) is 8.35. The summed E-state index contributed by atoms with van der Waals surface area (Å²) in [7, 11) is 4.35. The van der Waals surface area contributed by atoms with Crippen LogP contribution in [0.4, 0.5) is 13.2 Å². The summed E-state index contributed by atoms with van der Waals surface area (Å²) in [5, 5.41) is 11.2. The number of hydrogen-bond acceptors (Lipinski definition) is 5. The van der Waals surface area contributed by atoms with Crippen LogP contribution < -0.4 is 9.47 Å². The van der Waals surface area contributed by atoms with Gasteiger partial charge in [-0.05, 0) is 53.1 Å². The number of likely N-dealkylation sites (N-methyl/N-ethyl adjacent to an activating group) is 1. The van der Waals surface area contributed by atoms with Crippen LogP contribution in [0.3, 0.4) is 0 Å². The van der Waals surface area contributed by atoms with Crippen molar-refractivity contribution in [1.29, 1.82) is 0 Å². The molecule has 3 rings (SSSR count). The third-order valence-corrected chi connectivity index (χ3v) is 6.38. The van der Waals surface area contributed by atoms with Gasteiger partial charge in [-0.3, -0.25) is 4.79 Å². The van der Waals surface area contributed by atoms with Crippen molar-refractivity contribution in [3.8, 4) is 11.5 Å². The molecule has 0 bridgehead atoms. The minimum absolute atomic E-state index is 0.0144. The quantitative estimate of drug-likeness (QED) is 0.344. The first kappa shape index (κ1) is 28.5. The largest absolute Gasteiger partial charge is 0.497 e. The van der Waals surface area contributed by atoms with E-state index in [2.05, 4.69) is 15.9 Å². The number of halogens is 4. The molecule has 0 heterocycles.